The minimum atomic E-state index is -1.15. The summed E-state index contributed by atoms with van der Waals surface area (Å²) >= 11 is 7.61. The van der Waals surface area contributed by atoms with Crippen LogP contribution in [0.2, 0.25) is 0 Å². The van der Waals surface area contributed by atoms with Crippen LogP contribution in [0.5, 0.6) is 0 Å². The zero-order valence-corrected chi connectivity index (χ0v) is 13.2. The standard InChI is InChI=1S/C11H6Br2N2O3S/c12-5-1-2-7(6(13)3-5)14-9(16)10-15-8(4-19-10)11(17)18/h1-4H,(H,14,16)(H,17,18). The Morgan fingerprint density at radius 3 is 2.63 bits per heavy atom. The molecule has 0 spiro atoms. The summed E-state index contributed by atoms with van der Waals surface area (Å²) in [4.78, 5) is 26.3. The molecule has 98 valence electrons. The van der Waals surface area contributed by atoms with Crippen LogP contribution in [0.15, 0.2) is 32.5 Å². The van der Waals surface area contributed by atoms with E-state index in [0.29, 0.717) is 10.2 Å². The summed E-state index contributed by atoms with van der Waals surface area (Å²) in [5.41, 5.74) is 0.449. The molecule has 0 atom stereocenters. The number of nitrogens with zero attached hydrogens (tertiary/aromatic N) is 1. The predicted molar refractivity (Wildman–Crippen MR) is 78.9 cm³/mol. The molecule has 19 heavy (non-hydrogen) atoms. The molecular weight excluding hydrogens is 400 g/mol. The highest BCUT2D eigenvalue weighted by atomic mass is 79.9. The Hall–Kier alpha value is -1.25. The summed E-state index contributed by atoms with van der Waals surface area (Å²) in [5.74, 6) is -1.60. The number of benzene rings is 1. The van der Waals surface area contributed by atoms with Crippen LogP contribution in [-0.2, 0) is 0 Å². The Morgan fingerprint density at radius 1 is 1.32 bits per heavy atom. The first kappa shape index (κ1) is 14.2. The third kappa shape index (κ3) is 3.40. The van der Waals surface area contributed by atoms with Crippen LogP contribution in [0.4, 0.5) is 5.69 Å². The number of carbonyl (C=O) groups is 2. The molecule has 0 aliphatic heterocycles. The summed E-state index contributed by atoms with van der Waals surface area (Å²) in [6.07, 6.45) is 0. The molecule has 1 amide bonds. The number of carboxylic acids is 1. The average Bonchev–Trinajstić information content (AvgIpc) is 2.82. The second-order valence-electron chi connectivity index (χ2n) is 3.42. The summed E-state index contributed by atoms with van der Waals surface area (Å²) in [5, 5.41) is 12.8. The van der Waals surface area contributed by atoms with Gasteiger partial charge < -0.3 is 10.4 Å². The largest absolute Gasteiger partial charge is 0.476 e. The van der Waals surface area contributed by atoms with Gasteiger partial charge in [0.15, 0.2) is 10.7 Å². The first-order chi connectivity index (χ1) is 8.97. The van der Waals surface area contributed by atoms with Gasteiger partial charge in [0.2, 0.25) is 0 Å². The van der Waals surface area contributed by atoms with Crippen LogP contribution >= 0.6 is 43.2 Å². The Kier molecular flexibility index (Phi) is 4.33. The van der Waals surface area contributed by atoms with E-state index >= 15 is 0 Å². The molecule has 0 bridgehead atoms. The molecular formula is C11H6Br2N2O3S. The predicted octanol–water partition coefficient (Wildman–Crippen LogP) is 3.62. The molecule has 0 unspecified atom stereocenters. The lowest BCUT2D eigenvalue weighted by atomic mass is 10.3. The van der Waals surface area contributed by atoms with Crippen molar-refractivity contribution in [3.63, 3.8) is 0 Å². The number of aromatic carboxylic acids is 1. The highest BCUT2D eigenvalue weighted by Gasteiger charge is 2.15. The van der Waals surface area contributed by atoms with Gasteiger partial charge >= 0.3 is 5.97 Å². The maximum Gasteiger partial charge on any atom is 0.355 e. The lowest BCUT2D eigenvalue weighted by molar-refractivity contribution is 0.0691. The minimum Gasteiger partial charge on any atom is -0.476 e. The summed E-state index contributed by atoms with van der Waals surface area (Å²) in [7, 11) is 0. The summed E-state index contributed by atoms with van der Waals surface area (Å²) in [6.45, 7) is 0. The number of hydrogen-bond acceptors (Lipinski definition) is 4. The molecule has 8 heteroatoms. The molecule has 1 heterocycles. The van der Waals surface area contributed by atoms with Gasteiger partial charge in [0.25, 0.3) is 5.91 Å². The maximum atomic E-state index is 11.9. The number of thiazole rings is 1. The quantitative estimate of drug-likeness (QED) is 0.817. The molecule has 2 aromatic rings. The summed E-state index contributed by atoms with van der Waals surface area (Å²) < 4.78 is 1.59. The number of nitrogens with one attached hydrogen (secondary N) is 1. The highest BCUT2D eigenvalue weighted by molar-refractivity contribution is 9.11. The Morgan fingerprint density at radius 2 is 2.05 bits per heavy atom. The van der Waals surface area contributed by atoms with E-state index < -0.39 is 11.9 Å². The van der Waals surface area contributed by atoms with Crippen molar-refractivity contribution in [2.24, 2.45) is 0 Å². The molecule has 0 radical (unpaired) electrons. The molecule has 1 aromatic heterocycles. The van der Waals surface area contributed by atoms with E-state index in [9.17, 15) is 9.59 Å². The molecule has 5 nitrogen and oxygen atoms in total. The molecule has 2 rings (SSSR count). The monoisotopic (exact) mass is 404 g/mol. The van der Waals surface area contributed by atoms with Crippen molar-refractivity contribution >= 4 is 60.8 Å². The van der Waals surface area contributed by atoms with Gasteiger partial charge in [-0.25, -0.2) is 9.78 Å². The fraction of sp³-hybridized carbons (Fsp3) is 0. The number of hydrogen-bond donors (Lipinski definition) is 2. The molecule has 0 fully saturated rings. The Bertz CT molecular complexity index is 657. The van der Waals surface area contributed by atoms with Crippen LogP contribution in [0.25, 0.3) is 0 Å². The number of aromatic nitrogens is 1. The number of halogens is 2. The number of rotatable bonds is 3. The first-order valence-electron chi connectivity index (χ1n) is 4.92. The van der Waals surface area contributed by atoms with Crippen LogP contribution in [0.3, 0.4) is 0 Å². The Labute approximate surface area is 128 Å². The summed E-state index contributed by atoms with van der Waals surface area (Å²) in [6, 6.07) is 5.29. The van der Waals surface area contributed by atoms with Gasteiger partial charge in [0.1, 0.15) is 0 Å². The third-order valence-corrected chi connectivity index (χ3v) is 4.09. The van der Waals surface area contributed by atoms with Gasteiger partial charge in [-0.05, 0) is 34.1 Å². The second-order valence-corrected chi connectivity index (χ2v) is 6.05. The Balaban J connectivity index is 2.18. The number of carboxylic acid groups (broad SMARTS) is 1. The number of anilines is 1. The van der Waals surface area contributed by atoms with Gasteiger partial charge in [0, 0.05) is 14.3 Å². The van der Waals surface area contributed by atoms with Crippen molar-refractivity contribution in [3.05, 3.63) is 43.2 Å². The van der Waals surface area contributed by atoms with Gasteiger partial charge in [-0.3, -0.25) is 4.79 Å². The topological polar surface area (TPSA) is 79.3 Å². The zero-order chi connectivity index (χ0) is 14.0. The van der Waals surface area contributed by atoms with Crippen molar-refractivity contribution in [2.75, 3.05) is 5.32 Å². The molecule has 0 aliphatic carbocycles. The van der Waals surface area contributed by atoms with Gasteiger partial charge in [-0.2, -0.15) is 0 Å². The minimum absolute atomic E-state index is 0.104. The molecule has 0 saturated carbocycles. The second kappa shape index (κ2) is 5.81. The maximum absolute atomic E-state index is 11.9. The molecule has 0 saturated heterocycles. The van der Waals surface area contributed by atoms with Gasteiger partial charge in [0.05, 0.1) is 5.69 Å². The molecule has 2 N–H and O–H groups in total. The van der Waals surface area contributed by atoms with E-state index in [-0.39, 0.29) is 10.7 Å². The fourth-order valence-corrected chi connectivity index (χ4v) is 3.07. The van der Waals surface area contributed by atoms with E-state index in [0.717, 1.165) is 15.8 Å². The van der Waals surface area contributed by atoms with Crippen molar-refractivity contribution in [3.8, 4) is 0 Å². The lowest BCUT2D eigenvalue weighted by Gasteiger charge is -2.05. The van der Waals surface area contributed by atoms with Crippen LogP contribution in [0, 0.1) is 0 Å². The van der Waals surface area contributed by atoms with Crippen molar-refractivity contribution in [1.29, 1.82) is 0 Å². The highest BCUT2D eigenvalue weighted by Crippen LogP contribution is 2.26. The van der Waals surface area contributed by atoms with E-state index in [1.807, 2.05) is 0 Å². The SMILES string of the molecule is O=C(O)c1csc(C(=O)Nc2ccc(Br)cc2Br)n1. The third-order valence-electron chi connectivity index (χ3n) is 2.10. The van der Waals surface area contributed by atoms with E-state index in [1.165, 1.54) is 5.38 Å². The smallest absolute Gasteiger partial charge is 0.355 e. The van der Waals surface area contributed by atoms with E-state index in [1.54, 1.807) is 18.2 Å². The fourth-order valence-electron chi connectivity index (χ4n) is 1.24. The normalized spacial score (nSPS) is 10.2. The lowest BCUT2D eigenvalue weighted by Crippen LogP contribution is -2.12. The van der Waals surface area contributed by atoms with Gasteiger partial charge in [-0.1, -0.05) is 15.9 Å². The average molecular weight is 406 g/mol. The molecule has 0 aliphatic rings. The van der Waals surface area contributed by atoms with Crippen molar-refractivity contribution < 1.29 is 14.7 Å². The van der Waals surface area contributed by atoms with E-state index in [2.05, 4.69) is 42.2 Å². The van der Waals surface area contributed by atoms with Crippen LogP contribution in [-0.4, -0.2) is 22.0 Å². The number of carbonyl (C=O) groups excluding carboxylic acids is 1. The zero-order valence-electron chi connectivity index (χ0n) is 9.18. The van der Waals surface area contributed by atoms with E-state index in [4.69, 9.17) is 5.11 Å². The van der Waals surface area contributed by atoms with Crippen LogP contribution in [0.1, 0.15) is 20.3 Å². The van der Waals surface area contributed by atoms with Crippen molar-refractivity contribution in [2.45, 2.75) is 0 Å². The number of amides is 1. The molecule has 1 aromatic carbocycles. The van der Waals surface area contributed by atoms with Crippen molar-refractivity contribution in [1.82, 2.24) is 4.98 Å². The van der Waals surface area contributed by atoms with Gasteiger partial charge in [-0.15, -0.1) is 11.3 Å². The van der Waals surface area contributed by atoms with Crippen LogP contribution < -0.4 is 5.32 Å². The first-order valence-corrected chi connectivity index (χ1v) is 7.39.